The fourth-order valence-electron chi connectivity index (χ4n) is 3.95. The van der Waals surface area contributed by atoms with Crippen LogP contribution in [0.3, 0.4) is 0 Å². The number of anilines is 1. The van der Waals surface area contributed by atoms with Crippen LogP contribution in [0.15, 0.2) is 18.3 Å². The molecule has 1 saturated carbocycles. The molecule has 0 unspecified atom stereocenters. The third-order valence-corrected chi connectivity index (χ3v) is 5.54. The van der Waals surface area contributed by atoms with Crippen LogP contribution in [-0.4, -0.2) is 48.6 Å². The molecule has 6 nitrogen and oxygen atoms in total. The number of nitriles is 1. The van der Waals surface area contributed by atoms with Crippen molar-refractivity contribution < 1.29 is 4.79 Å². The lowest BCUT2D eigenvalue weighted by Crippen LogP contribution is -2.52. The van der Waals surface area contributed by atoms with Gasteiger partial charge in [0.2, 0.25) is 0 Å². The van der Waals surface area contributed by atoms with Gasteiger partial charge in [-0.05, 0) is 30.9 Å². The highest BCUT2D eigenvalue weighted by Crippen LogP contribution is 2.22. The van der Waals surface area contributed by atoms with Gasteiger partial charge in [-0.3, -0.25) is 0 Å². The van der Waals surface area contributed by atoms with Crippen LogP contribution in [0, 0.1) is 17.2 Å². The van der Waals surface area contributed by atoms with Gasteiger partial charge in [-0.25, -0.2) is 9.78 Å². The third-order valence-electron chi connectivity index (χ3n) is 5.54. The Balaban J connectivity index is 1.45. The van der Waals surface area contributed by atoms with Gasteiger partial charge < -0.3 is 15.1 Å². The van der Waals surface area contributed by atoms with Crippen molar-refractivity contribution in [2.75, 3.05) is 37.6 Å². The zero-order chi connectivity index (χ0) is 18.2. The summed E-state index contributed by atoms with van der Waals surface area (Å²) in [7, 11) is 0. The predicted octanol–water partition coefficient (Wildman–Crippen LogP) is 3.15. The van der Waals surface area contributed by atoms with E-state index < -0.39 is 0 Å². The highest BCUT2D eigenvalue weighted by Gasteiger charge is 2.23. The summed E-state index contributed by atoms with van der Waals surface area (Å²) in [5, 5.41) is 12.4. The number of carbonyl (C=O) groups is 1. The van der Waals surface area contributed by atoms with Crippen LogP contribution >= 0.6 is 0 Å². The van der Waals surface area contributed by atoms with Crippen molar-refractivity contribution in [3.63, 3.8) is 0 Å². The van der Waals surface area contributed by atoms with Gasteiger partial charge in [-0.1, -0.05) is 32.1 Å². The molecule has 1 saturated heterocycles. The summed E-state index contributed by atoms with van der Waals surface area (Å²) >= 11 is 0. The zero-order valence-electron chi connectivity index (χ0n) is 15.5. The Morgan fingerprint density at radius 3 is 2.54 bits per heavy atom. The molecule has 2 amide bonds. The Hall–Kier alpha value is -2.29. The number of rotatable bonds is 3. The first-order chi connectivity index (χ1) is 12.8. The zero-order valence-corrected chi connectivity index (χ0v) is 15.5. The highest BCUT2D eigenvalue weighted by atomic mass is 16.2. The van der Waals surface area contributed by atoms with Crippen molar-refractivity contribution in [2.45, 2.75) is 44.9 Å². The van der Waals surface area contributed by atoms with Gasteiger partial charge in [0, 0.05) is 38.9 Å². The molecular formula is C20H29N5O. The molecule has 6 heteroatoms. The van der Waals surface area contributed by atoms with Crippen LogP contribution < -0.4 is 10.2 Å². The van der Waals surface area contributed by atoms with E-state index in [-0.39, 0.29) is 6.03 Å². The molecule has 0 radical (unpaired) electrons. The van der Waals surface area contributed by atoms with E-state index in [9.17, 15) is 10.1 Å². The normalized spacial score (nSPS) is 19.3. The van der Waals surface area contributed by atoms with Crippen molar-refractivity contribution in [2.24, 2.45) is 5.92 Å². The topological polar surface area (TPSA) is 72.3 Å². The minimum absolute atomic E-state index is 0.0493. The fourth-order valence-corrected chi connectivity index (χ4v) is 3.95. The number of piperazine rings is 1. The largest absolute Gasteiger partial charge is 0.352 e. The summed E-state index contributed by atoms with van der Waals surface area (Å²) in [5.41, 5.74) is 0.592. The number of carbonyl (C=O) groups excluding carboxylic acids is 1. The van der Waals surface area contributed by atoms with E-state index in [1.807, 2.05) is 4.90 Å². The van der Waals surface area contributed by atoms with Crippen LogP contribution in [-0.2, 0) is 0 Å². The number of amides is 2. The molecule has 3 rings (SSSR count). The molecule has 2 fully saturated rings. The van der Waals surface area contributed by atoms with E-state index in [4.69, 9.17) is 0 Å². The van der Waals surface area contributed by atoms with Gasteiger partial charge in [0.15, 0.2) is 0 Å². The third kappa shape index (κ3) is 4.87. The highest BCUT2D eigenvalue weighted by molar-refractivity contribution is 5.74. The number of pyridine rings is 1. The lowest BCUT2D eigenvalue weighted by molar-refractivity contribution is 0.191. The van der Waals surface area contributed by atoms with Crippen LogP contribution in [0.25, 0.3) is 0 Å². The predicted molar refractivity (Wildman–Crippen MR) is 102 cm³/mol. The lowest BCUT2D eigenvalue weighted by Gasteiger charge is -2.36. The minimum atomic E-state index is 0.0493. The molecule has 0 spiro atoms. The Morgan fingerprint density at radius 2 is 1.85 bits per heavy atom. The fraction of sp³-hybridized carbons (Fsp3) is 0.650. The molecule has 26 heavy (non-hydrogen) atoms. The summed E-state index contributed by atoms with van der Waals surface area (Å²) in [5.74, 6) is 1.36. The van der Waals surface area contributed by atoms with Gasteiger partial charge in [-0.2, -0.15) is 5.26 Å². The molecule has 0 atom stereocenters. The average molecular weight is 355 g/mol. The maximum atomic E-state index is 12.5. The van der Waals surface area contributed by atoms with Crippen LogP contribution in [0.5, 0.6) is 0 Å². The second-order valence-electron chi connectivity index (χ2n) is 7.36. The summed E-state index contributed by atoms with van der Waals surface area (Å²) < 4.78 is 0. The molecule has 0 bridgehead atoms. The minimum Gasteiger partial charge on any atom is -0.352 e. The Morgan fingerprint density at radius 1 is 1.15 bits per heavy atom. The van der Waals surface area contributed by atoms with E-state index in [2.05, 4.69) is 21.3 Å². The summed E-state index contributed by atoms with van der Waals surface area (Å²) in [6.07, 6.45) is 10.8. The van der Waals surface area contributed by atoms with Gasteiger partial charge in [0.05, 0.1) is 5.56 Å². The number of nitrogens with one attached hydrogen (secondary N) is 1. The van der Waals surface area contributed by atoms with Crippen molar-refractivity contribution in [1.82, 2.24) is 15.2 Å². The van der Waals surface area contributed by atoms with Crippen LogP contribution in [0.2, 0.25) is 0 Å². The van der Waals surface area contributed by atoms with E-state index in [1.54, 1.807) is 18.3 Å². The van der Waals surface area contributed by atoms with Crippen LogP contribution in [0.1, 0.15) is 50.5 Å². The quantitative estimate of drug-likeness (QED) is 0.904. The first-order valence-corrected chi connectivity index (χ1v) is 9.91. The summed E-state index contributed by atoms with van der Waals surface area (Å²) in [6.45, 7) is 3.55. The number of nitrogens with zero attached hydrogens (tertiary/aromatic N) is 4. The number of aromatic nitrogens is 1. The molecular weight excluding hydrogens is 326 g/mol. The van der Waals surface area contributed by atoms with E-state index in [1.165, 1.54) is 44.9 Å². The molecule has 0 aromatic carbocycles. The Bertz CT molecular complexity index is 625. The van der Waals surface area contributed by atoms with Crippen molar-refractivity contribution in [1.29, 1.82) is 5.26 Å². The second-order valence-corrected chi connectivity index (χ2v) is 7.36. The van der Waals surface area contributed by atoms with E-state index in [0.717, 1.165) is 12.4 Å². The number of urea groups is 1. The molecule has 1 aliphatic heterocycles. The SMILES string of the molecule is N#Cc1cccnc1N1CCN(C(=O)NCC2CCCCCCC2)CC1. The van der Waals surface area contributed by atoms with Gasteiger partial charge >= 0.3 is 6.03 Å². The number of hydrogen-bond donors (Lipinski definition) is 1. The summed E-state index contributed by atoms with van der Waals surface area (Å²) in [4.78, 5) is 20.8. The van der Waals surface area contributed by atoms with E-state index >= 15 is 0 Å². The van der Waals surface area contributed by atoms with Crippen molar-refractivity contribution in [3.8, 4) is 6.07 Å². The molecule has 140 valence electrons. The molecule has 1 N–H and O–H groups in total. The molecule has 1 aromatic heterocycles. The van der Waals surface area contributed by atoms with Gasteiger partial charge in [0.1, 0.15) is 11.9 Å². The molecule has 2 heterocycles. The van der Waals surface area contributed by atoms with Crippen molar-refractivity contribution in [3.05, 3.63) is 23.9 Å². The smallest absolute Gasteiger partial charge is 0.317 e. The number of hydrogen-bond acceptors (Lipinski definition) is 4. The molecule has 2 aliphatic rings. The maximum absolute atomic E-state index is 12.5. The second kappa shape index (κ2) is 9.42. The van der Waals surface area contributed by atoms with Crippen molar-refractivity contribution >= 4 is 11.8 Å². The first-order valence-electron chi connectivity index (χ1n) is 9.91. The standard InChI is InChI=1S/C20H29N5O/c21-15-18-9-6-10-22-19(18)24-11-13-25(14-12-24)20(26)23-16-17-7-4-2-1-3-5-8-17/h6,9-10,17H,1-5,7-8,11-14,16H2,(H,23,26). The van der Waals surface area contributed by atoms with Gasteiger partial charge in [-0.15, -0.1) is 0 Å². The monoisotopic (exact) mass is 355 g/mol. The summed E-state index contributed by atoms with van der Waals surface area (Å²) in [6, 6.07) is 5.81. The van der Waals surface area contributed by atoms with Crippen LogP contribution in [0.4, 0.5) is 10.6 Å². The Kier molecular flexibility index (Phi) is 6.70. The van der Waals surface area contributed by atoms with Gasteiger partial charge in [0.25, 0.3) is 0 Å². The average Bonchev–Trinajstić information content (AvgIpc) is 2.67. The molecule has 1 aliphatic carbocycles. The first kappa shape index (κ1) is 18.5. The Labute approximate surface area is 156 Å². The van der Waals surface area contributed by atoms with E-state index in [0.29, 0.717) is 37.7 Å². The lowest BCUT2D eigenvalue weighted by atomic mass is 9.91. The molecule has 1 aromatic rings. The maximum Gasteiger partial charge on any atom is 0.317 e.